The first kappa shape index (κ1) is 20.5. The summed E-state index contributed by atoms with van der Waals surface area (Å²) in [4.78, 5) is 12.2. The summed E-state index contributed by atoms with van der Waals surface area (Å²) in [5.74, 6) is 1.05. The SMILES string of the molecule is CN=C(NCC1(N2CCCC2)CCOCC1)N1CCN(c2cccc(C)c2)CC1. The van der Waals surface area contributed by atoms with Crippen LogP contribution in [0.2, 0.25) is 0 Å². The first-order valence-corrected chi connectivity index (χ1v) is 11.3. The molecule has 6 heteroatoms. The Hall–Kier alpha value is -1.79. The molecule has 3 aliphatic heterocycles. The molecular weight excluding hydrogens is 362 g/mol. The van der Waals surface area contributed by atoms with Crippen LogP contribution in [-0.2, 0) is 4.74 Å². The second-order valence-electron chi connectivity index (χ2n) is 8.74. The number of benzene rings is 1. The molecule has 0 unspecified atom stereocenters. The fraction of sp³-hybridized carbons (Fsp3) is 0.696. The summed E-state index contributed by atoms with van der Waals surface area (Å²) in [6.07, 6.45) is 4.91. The van der Waals surface area contributed by atoms with Crippen LogP contribution in [-0.4, -0.2) is 87.4 Å². The molecule has 3 aliphatic rings. The fourth-order valence-corrected chi connectivity index (χ4v) is 5.12. The molecule has 0 spiro atoms. The number of rotatable bonds is 4. The van der Waals surface area contributed by atoms with Crippen LogP contribution >= 0.6 is 0 Å². The number of hydrogen-bond acceptors (Lipinski definition) is 4. The number of guanidine groups is 1. The first-order chi connectivity index (χ1) is 14.2. The maximum Gasteiger partial charge on any atom is 0.193 e. The molecule has 6 nitrogen and oxygen atoms in total. The zero-order valence-corrected chi connectivity index (χ0v) is 18.2. The van der Waals surface area contributed by atoms with Crippen LogP contribution in [0, 0.1) is 6.92 Å². The minimum atomic E-state index is 0.230. The third kappa shape index (κ3) is 4.69. The van der Waals surface area contributed by atoms with E-state index in [1.807, 2.05) is 7.05 Å². The van der Waals surface area contributed by atoms with E-state index in [-0.39, 0.29) is 5.54 Å². The van der Waals surface area contributed by atoms with Gasteiger partial charge in [0.1, 0.15) is 0 Å². The van der Waals surface area contributed by atoms with Gasteiger partial charge in [-0.05, 0) is 63.4 Å². The van der Waals surface area contributed by atoms with Gasteiger partial charge >= 0.3 is 0 Å². The summed E-state index contributed by atoms with van der Waals surface area (Å²) in [5, 5.41) is 3.75. The van der Waals surface area contributed by atoms with Crippen molar-refractivity contribution in [3.05, 3.63) is 29.8 Å². The van der Waals surface area contributed by atoms with Gasteiger partial charge < -0.3 is 19.9 Å². The largest absolute Gasteiger partial charge is 0.381 e. The summed E-state index contributed by atoms with van der Waals surface area (Å²) >= 11 is 0. The van der Waals surface area contributed by atoms with Gasteiger partial charge in [-0.1, -0.05) is 12.1 Å². The molecule has 0 aliphatic carbocycles. The molecule has 0 aromatic heterocycles. The van der Waals surface area contributed by atoms with Gasteiger partial charge in [-0.2, -0.15) is 0 Å². The van der Waals surface area contributed by atoms with E-state index in [0.717, 1.165) is 64.7 Å². The highest BCUT2D eigenvalue weighted by Crippen LogP contribution is 2.31. The minimum absolute atomic E-state index is 0.230. The molecule has 160 valence electrons. The van der Waals surface area contributed by atoms with E-state index in [2.05, 4.69) is 56.2 Å². The molecule has 0 amide bonds. The van der Waals surface area contributed by atoms with Gasteiger partial charge in [0.25, 0.3) is 0 Å². The van der Waals surface area contributed by atoms with Gasteiger partial charge in [0, 0.05) is 64.2 Å². The summed E-state index contributed by atoms with van der Waals surface area (Å²) < 4.78 is 5.70. The summed E-state index contributed by atoms with van der Waals surface area (Å²) in [6, 6.07) is 8.83. The Balaban J connectivity index is 1.34. The van der Waals surface area contributed by atoms with E-state index in [9.17, 15) is 0 Å². The number of anilines is 1. The van der Waals surface area contributed by atoms with Crippen LogP contribution in [0.5, 0.6) is 0 Å². The van der Waals surface area contributed by atoms with Crippen molar-refractivity contribution in [2.24, 2.45) is 4.99 Å². The smallest absolute Gasteiger partial charge is 0.193 e. The van der Waals surface area contributed by atoms with E-state index in [1.165, 1.54) is 37.2 Å². The van der Waals surface area contributed by atoms with Crippen molar-refractivity contribution in [3.63, 3.8) is 0 Å². The molecule has 1 N–H and O–H groups in total. The van der Waals surface area contributed by atoms with Crippen LogP contribution in [0.3, 0.4) is 0 Å². The van der Waals surface area contributed by atoms with Crippen molar-refractivity contribution >= 4 is 11.6 Å². The van der Waals surface area contributed by atoms with E-state index < -0.39 is 0 Å². The maximum absolute atomic E-state index is 5.70. The Kier molecular flexibility index (Phi) is 6.60. The molecule has 3 heterocycles. The topological polar surface area (TPSA) is 43.3 Å². The summed E-state index contributed by atoms with van der Waals surface area (Å²) in [6.45, 7) is 11.5. The normalized spacial score (nSPS) is 23.4. The predicted molar refractivity (Wildman–Crippen MR) is 120 cm³/mol. The highest BCUT2D eigenvalue weighted by molar-refractivity contribution is 5.80. The second-order valence-corrected chi connectivity index (χ2v) is 8.74. The highest BCUT2D eigenvalue weighted by Gasteiger charge is 2.40. The third-order valence-corrected chi connectivity index (χ3v) is 6.93. The molecular formula is C23H37N5O. The van der Waals surface area contributed by atoms with Crippen molar-refractivity contribution in [1.82, 2.24) is 15.1 Å². The lowest BCUT2D eigenvalue weighted by atomic mass is 9.88. The Labute approximate surface area is 175 Å². The quantitative estimate of drug-likeness (QED) is 0.622. The summed E-state index contributed by atoms with van der Waals surface area (Å²) in [5.41, 5.74) is 2.89. The van der Waals surface area contributed by atoms with Gasteiger partial charge in [-0.3, -0.25) is 9.89 Å². The van der Waals surface area contributed by atoms with E-state index in [0.29, 0.717) is 0 Å². The summed E-state index contributed by atoms with van der Waals surface area (Å²) in [7, 11) is 1.92. The lowest BCUT2D eigenvalue weighted by Gasteiger charge is -2.45. The van der Waals surface area contributed by atoms with Crippen LogP contribution in [0.25, 0.3) is 0 Å². The monoisotopic (exact) mass is 399 g/mol. The van der Waals surface area contributed by atoms with Crippen LogP contribution < -0.4 is 10.2 Å². The average molecular weight is 400 g/mol. The van der Waals surface area contributed by atoms with Crippen LogP contribution in [0.15, 0.2) is 29.3 Å². The Morgan fingerprint density at radius 2 is 1.79 bits per heavy atom. The second kappa shape index (κ2) is 9.35. The standard InChI is InChI=1S/C23H37N5O/c1-20-6-5-7-21(18-20)26-12-14-27(15-13-26)22(24-2)25-19-23(8-16-29-17-9-23)28-10-3-4-11-28/h5-7,18H,3-4,8-17,19H2,1-2H3,(H,24,25). The number of ether oxygens (including phenoxy) is 1. The number of nitrogens with zero attached hydrogens (tertiary/aromatic N) is 4. The number of aryl methyl sites for hydroxylation is 1. The Morgan fingerprint density at radius 1 is 1.07 bits per heavy atom. The van der Waals surface area contributed by atoms with Crippen molar-refractivity contribution in [1.29, 1.82) is 0 Å². The van der Waals surface area contributed by atoms with Crippen LogP contribution in [0.1, 0.15) is 31.2 Å². The molecule has 29 heavy (non-hydrogen) atoms. The molecule has 0 bridgehead atoms. The molecule has 1 aromatic rings. The van der Waals surface area contributed by atoms with E-state index >= 15 is 0 Å². The lowest BCUT2D eigenvalue weighted by Crippen LogP contribution is -2.60. The van der Waals surface area contributed by atoms with Gasteiger partial charge in [-0.25, -0.2) is 0 Å². The van der Waals surface area contributed by atoms with Crippen molar-refractivity contribution in [2.45, 2.75) is 38.1 Å². The first-order valence-electron chi connectivity index (χ1n) is 11.3. The van der Waals surface area contributed by atoms with Crippen LogP contribution in [0.4, 0.5) is 5.69 Å². The number of piperazine rings is 1. The number of aliphatic imine (C=N–C) groups is 1. The van der Waals surface area contributed by atoms with Crippen molar-refractivity contribution in [3.8, 4) is 0 Å². The number of nitrogens with one attached hydrogen (secondary N) is 1. The third-order valence-electron chi connectivity index (χ3n) is 6.93. The maximum atomic E-state index is 5.70. The molecule has 0 atom stereocenters. The Bertz CT molecular complexity index is 686. The van der Waals surface area contributed by atoms with Crippen molar-refractivity contribution in [2.75, 3.05) is 71.0 Å². The average Bonchev–Trinajstić information content (AvgIpc) is 3.31. The van der Waals surface area contributed by atoms with Crippen molar-refractivity contribution < 1.29 is 4.74 Å². The predicted octanol–water partition coefficient (Wildman–Crippen LogP) is 2.34. The molecule has 0 saturated carbocycles. The van der Waals surface area contributed by atoms with Gasteiger partial charge in [-0.15, -0.1) is 0 Å². The molecule has 3 saturated heterocycles. The lowest BCUT2D eigenvalue weighted by molar-refractivity contribution is -0.0166. The number of likely N-dealkylation sites (tertiary alicyclic amines) is 1. The number of hydrogen-bond donors (Lipinski definition) is 1. The molecule has 0 radical (unpaired) electrons. The zero-order chi connectivity index (χ0) is 20.1. The molecule has 1 aromatic carbocycles. The Morgan fingerprint density at radius 3 is 2.45 bits per heavy atom. The van der Waals surface area contributed by atoms with E-state index in [4.69, 9.17) is 4.74 Å². The van der Waals surface area contributed by atoms with Gasteiger partial charge in [0.05, 0.1) is 0 Å². The minimum Gasteiger partial charge on any atom is -0.381 e. The van der Waals surface area contributed by atoms with Gasteiger partial charge in [0.15, 0.2) is 5.96 Å². The zero-order valence-electron chi connectivity index (χ0n) is 18.2. The van der Waals surface area contributed by atoms with Gasteiger partial charge in [0.2, 0.25) is 0 Å². The fourth-order valence-electron chi connectivity index (χ4n) is 5.12. The molecule has 4 rings (SSSR count). The highest BCUT2D eigenvalue weighted by atomic mass is 16.5. The molecule has 3 fully saturated rings. The van der Waals surface area contributed by atoms with E-state index in [1.54, 1.807) is 0 Å².